The summed E-state index contributed by atoms with van der Waals surface area (Å²) in [5, 5.41) is 0. The van der Waals surface area contributed by atoms with Crippen molar-refractivity contribution >= 4 is 13.6 Å². The van der Waals surface area contributed by atoms with Gasteiger partial charge in [0.1, 0.15) is 0 Å². The van der Waals surface area contributed by atoms with Crippen molar-refractivity contribution < 1.29 is 14.0 Å². The Labute approximate surface area is 111 Å². The minimum absolute atomic E-state index is 0.102. The van der Waals surface area contributed by atoms with E-state index in [1.807, 2.05) is 14.1 Å². The summed E-state index contributed by atoms with van der Waals surface area (Å²) in [5.74, 6) is 0. The minimum atomic E-state index is -1.68. The number of hydrogen-bond acceptors (Lipinski definition) is 5. The Morgan fingerprint density at radius 2 is 2.11 bits per heavy atom. The van der Waals surface area contributed by atoms with Gasteiger partial charge in [0.05, 0.1) is 32.8 Å². The predicted molar refractivity (Wildman–Crippen MR) is 77.4 cm³/mol. The average Bonchev–Trinajstić information content (AvgIpc) is 2.26. The number of morpholine rings is 1. The Kier molecular flexibility index (Phi) is 6.31. The summed E-state index contributed by atoms with van der Waals surface area (Å²) < 4.78 is 19.1. The number of ether oxygens (including phenoxy) is 2. The Morgan fingerprint density at radius 3 is 2.67 bits per heavy atom. The molecule has 0 aromatic rings. The van der Waals surface area contributed by atoms with Gasteiger partial charge < -0.3 is 14.0 Å². The fraction of sp³-hybridized carbons (Fsp3) is 0.917. The normalized spacial score (nSPS) is 29.4. The molecule has 0 aromatic carbocycles. The molecule has 1 saturated heterocycles. The maximum absolute atomic E-state index is 5.94. The first kappa shape index (κ1) is 16.2. The number of nitrogens with zero attached hydrogens (tertiary/aromatic N) is 2. The first-order chi connectivity index (χ1) is 8.35. The molecule has 1 aliphatic heterocycles. The van der Waals surface area contributed by atoms with Crippen molar-refractivity contribution in [3.05, 3.63) is 0 Å². The van der Waals surface area contributed by atoms with Gasteiger partial charge in [-0.05, 0) is 27.7 Å². The SMILES string of the molecule is C=P(C)(OCC1CN(COC)CC(C)O1)N(C)C. The number of hydrogen-bond donors (Lipinski definition) is 0. The monoisotopic (exact) mass is 278 g/mol. The molecule has 1 aliphatic rings. The zero-order valence-electron chi connectivity index (χ0n) is 12.3. The van der Waals surface area contributed by atoms with Gasteiger partial charge in [-0.3, -0.25) is 9.57 Å². The quantitative estimate of drug-likeness (QED) is 0.681. The highest BCUT2D eigenvalue weighted by molar-refractivity contribution is 7.66. The van der Waals surface area contributed by atoms with Gasteiger partial charge in [0, 0.05) is 20.2 Å². The van der Waals surface area contributed by atoms with Crippen molar-refractivity contribution in [3.8, 4) is 0 Å². The van der Waals surface area contributed by atoms with Crippen LogP contribution in [0.3, 0.4) is 0 Å². The highest BCUT2D eigenvalue weighted by Gasteiger charge is 2.26. The van der Waals surface area contributed by atoms with E-state index < -0.39 is 7.26 Å². The number of methoxy groups -OCH3 is 1. The lowest BCUT2D eigenvalue weighted by Crippen LogP contribution is -2.48. The summed E-state index contributed by atoms with van der Waals surface area (Å²) >= 11 is 0. The Balaban J connectivity index is 2.44. The molecule has 1 rings (SSSR count). The standard InChI is InChI=1S/C12H27N2O3P/c1-11-7-14(10-15-4)8-12(17-11)9-16-18(5,6)13(2)3/h11-12H,5,7-10H2,1-4,6H3. The molecule has 3 atom stereocenters. The maximum atomic E-state index is 5.94. The Hall–Kier alpha value is 0.100. The van der Waals surface area contributed by atoms with Gasteiger partial charge in [0.25, 0.3) is 0 Å². The van der Waals surface area contributed by atoms with Crippen LogP contribution in [0.1, 0.15) is 6.92 Å². The van der Waals surface area contributed by atoms with Crippen molar-refractivity contribution in [1.29, 1.82) is 0 Å². The summed E-state index contributed by atoms with van der Waals surface area (Å²) in [5.41, 5.74) is 0. The molecule has 1 heterocycles. The van der Waals surface area contributed by atoms with Crippen LogP contribution in [0.4, 0.5) is 0 Å². The van der Waals surface area contributed by atoms with Gasteiger partial charge in [0.2, 0.25) is 0 Å². The highest BCUT2D eigenvalue weighted by Crippen LogP contribution is 2.43. The van der Waals surface area contributed by atoms with E-state index >= 15 is 0 Å². The van der Waals surface area contributed by atoms with Gasteiger partial charge in [-0.2, -0.15) is 0 Å². The first-order valence-corrected chi connectivity index (χ1v) is 8.54. The van der Waals surface area contributed by atoms with E-state index in [2.05, 4.69) is 29.5 Å². The molecule has 0 amide bonds. The predicted octanol–water partition coefficient (Wildman–Crippen LogP) is 1.17. The third kappa shape index (κ3) is 5.00. The smallest absolute Gasteiger partial charge is 0.0988 e. The second-order valence-electron chi connectivity index (χ2n) is 5.22. The van der Waals surface area contributed by atoms with Gasteiger partial charge in [0.15, 0.2) is 0 Å². The van der Waals surface area contributed by atoms with Crippen LogP contribution in [0.25, 0.3) is 0 Å². The van der Waals surface area contributed by atoms with E-state index in [1.54, 1.807) is 7.11 Å². The molecule has 0 aromatic heterocycles. The fourth-order valence-electron chi connectivity index (χ4n) is 1.88. The van der Waals surface area contributed by atoms with Gasteiger partial charge >= 0.3 is 0 Å². The van der Waals surface area contributed by atoms with Crippen LogP contribution in [-0.2, 0) is 14.0 Å². The van der Waals surface area contributed by atoms with Crippen molar-refractivity contribution in [2.75, 3.05) is 54.3 Å². The summed E-state index contributed by atoms with van der Waals surface area (Å²) in [4.78, 5) is 2.25. The molecule has 5 nitrogen and oxygen atoms in total. The molecule has 0 N–H and O–H groups in total. The van der Waals surface area contributed by atoms with E-state index in [1.165, 1.54) is 0 Å². The Bertz CT molecular complexity index is 299. The van der Waals surface area contributed by atoms with Crippen LogP contribution in [0, 0.1) is 0 Å². The second kappa shape index (κ2) is 7.04. The molecular formula is C12H27N2O3P. The van der Waals surface area contributed by atoms with Crippen LogP contribution < -0.4 is 0 Å². The van der Waals surface area contributed by atoms with Crippen LogP contribution in [0.5, 0.6) is 0 Å². The van der Waals surface area contributed by atoms with Crippen LogP contribution >= 0.6 is 7.26 Å². The third-order valence-corrected chi connectivity index (χ3v) is 5.50. The molecule has 0 bridgehead atoms. The van der Waals surface area contributed by atoms with Crippen molar-refractivity contribution in [2.45, 2.75) is 19.1 Å². The summed E-state index contributed by atoms with van der Waals surface area (Å²) in [7, 11) is 4.04. The lowest BCUT2D eigenvalue weighted by Gasteiger charge is -2.37. The molecular weight excluding hydrogens is 251 g/mol. The number of rotatable bonds is 6. The van der Waals surface area contributed by atoms with Crippen LogP contribution in [0.15, 0.2) is 0 Å². The van der Waals surface area contributed by atoms with E-state index in [4.69, 9.17) is 14.0 Å². The summed E-state index contributed by atoms with van der Waals surface area (Å²) in [6, 6.07) is 0. The largest absolute Gasteiger partial charge is 0.370 e. The van der Waals surface area contributed by atoms with Gasteiger partial charge in [-0.1, -0.05) is 6.30 Å². The average molecular weight is 278 g/mol. The molecule has 6 heteroatoms. The third-order valence-electron chi connectivity index (χ3n) is 3.10. The van der Waals surface area contributed by atoms with Crippen molar-refractivity contribution in [1.82, 2.24) is 9.57 Å². The van der Waals surface area contributed by atoms with Gasteiger partial charge in [-0.25, -0.2) is 0 Å². The molecule has 18 heavy (non-hydrogen) atoms. The molecule has 3 unspecified atom stereocenters. The maximum Gasteiger partial charge on any atom is 0.0988 e. The lowest BCUT2D eigenvalue weighted by atomic mass is 10.2. The van der Waals surface area contributed by atoms with E-state index in [9.17, 15) is 0 Å². The molecule has 0 aliphatic carbocycles. The first-order valence-electron chi connectivity index (χ1n) is 6.25. The molecule has 1 fully saturated rings. The molecule has 0 radical (unpaired) electrons. The van der Waals surface area contributed by atoms with Crippen molar-refractivity contribution in [3.63, 3.8) is 0 Å². The summed E-state index contributed by atoms with van der Waals surface area (Å²) in [6.07, 6.45) is 4.47. The molecule has 0 saturated carbocycles. The molecule has 0 spiro atoms. The zero-order valence-corrected chi connectivity index (χ0v) is 13.2. The molecule has 108 valence electrons. The van der Waals surface area contributed by atoms with E-state index in [-0.39, 0.29) is 12.2 Å². The Morgan fingerprint density at radius 1 is 1.44 bits per heavy atom. The van der Waals surface area contributed by atoms with Crippen molar-refractivity contribution in [2.24, 2.45) is 0 Å². The topological polar surface area (TPSA) is 34.2 Å². The minimum Gasteiger partial charge on any atom is -0.370 e. The lowest BCUT2D eigenvalue weighted by molar-refractivity contribution is -0.112. The van der Waals surface area contributed by atoms with Gasteiger partial charge in [-0.15, -0.1) is 0 Å². The summed E-state index contributed by atoms with van der Waals surface area (Å²) in [6.45, 7) is 7.15. The second-order valence-corrected chi connectivity index (χ2v) is 8.38. The van der Waals surface area contributed by atoms with Crippen LogP contribution in [0.2, 0.25) is 0 Å². The highest BCUT2D eigenvalue weighted by atomic mass is 31.2. The van der Waals surface area contributed by atoms with E-state index in [0.29, 0.717) is 13.3 Å². The van der Waals surface area contributed by atoms with E-state index in [0.717, 1.165) is 13.1 Å². The zero-order chi connectivity index (χ0) is 13.8. The van der Waals surface area contributed by atoms with Crippen LogP contribution in [-0.4, -0.2) is 82.4 Å². The fourth-order valence-corrected chi connectivity index (χ4v) is 2.60.